The number of hydrogen-bond acceptors (Lipinski definition) is 5. The summed E-state index contributed by atoms with van der Waals surface area (Å²) < 4.78 is 1.76. The molecule has 0 spiro atoms. The van der Waals surface area contributed by atoms with E-state index in [9.17, 15) is 9.59 Å². The molecule has 2 aromatic rings. The van der Waals surface area contributed by atoms with Crippen LogP contribution < -0.4 is 10.5 Å². The zero-order valence-corrected chi connectivity index (χ0v) is 17.2. The molecule has 1 amide bonds. The second-order valence-electron chi connectivity index (χ2n) is 7.36. The fourth-order valence-electron chi connectivity index (χ4n) is 4.06. The molecular formula is C21H26N4O2S. The highest BCUT2D eigenvalue weighted by molar-refractivity contribution is 7.99. The number of rotatable bonds is 4. The van der Waals surface area contributed by atoms with Crippen molar-refractivity contribution in [1.29, 1.82) is 0 Å². The highest BCUT2D eigenvalue weighted by Crippen LogP contribution is 2.33. The van der Waals surface area contributed by atoms with Crippen LogP contribution in [0, 0.1) is 6.92 Å². The van der Waals surface area contributed by atoms with Crippen molar-refractivity contribution in [3.8, 4) is 0 Å². The summed E-state index contributed by atoms with van der Waals surface area (Å²) in [4.78, 5) is 34.6. The molecule has 148 valence electrons. The van der Waals surface area contributed by atoms with Crippen molar-refractivity contribution in [1.82, 2.24) is 14.5 Å². The molecule has 1 saturated heterocycles. The van der Waals surface area contributed by atoms with E-state index in [0.29, 0.717) is 12.8 Å². The predicted octanol–water partition coefficient (Wildman–Crippen LogP) is 2.50. The quantitative estimate of drug-likeness (QED) is 0.741. The van der Waals surface area contributed by atoms with Gasteiger partial charge in [0.05, 0.1) is 6.04 Å². The summed E-state index contributed by atoms with van der Waals surface area (Å²) in [6, 6.07) is 10.2. The van der Waals surface area contributed by atoms with Crippen molar-refractivity contribution in [3.05, 3.63) is 51.9 Å². The third kappa shape index (κ3) is 3.55. The number of carbonyl (C=O) groups excluding carboxylic acids is 1. The number of fused-ring (bicyclic) bond motifs is 1. The summed E-state index contributed by atoms with van der Waals surface area (Å²) >= 11 is 1.58. The maximum atomic E-state index is 12.9. The van der Waals surface area contributed by atoms with Crippen molar-refractivity contribution in [2.45, 2.75) is 37.9 Å². The number of nitrogens with zero attached hydrogens (tertiary/aromatic N) is 4. The van der Waals surface area contributed by atoms with Gasteiger partial charge in [0.2, 0.25) is 5.91 Å². The van der Waals surface area contributed by atoms with E-state index in [1.54, 1.807) is 16.3 Å². The summed E-state index contributed by atoms with van der Waals surface area (Å²) in [7, 11) is 0. The molecule has 0 radical (unpaired) electrons. The van der Waals surface area contributed by atoms with Gasteiger partial charge in [-0.3, -0.25) is 14.2 Å². The molecule has 0 aliphatic carbocycles. The number of anilines is 1. The van der Waals surface area contributed by atoms with Gasteiger partial charge in [0.25, 0.3) is 5.56 Å². The lowest BCUT2D eigenvalue weighted by Crippen LogP contribution is -2.49. The maximum absolute atomic E-state index is 12.9. The first-order valence-corrected chi connectivity index (χ1v) is 10.9. The molecule has 2 aliphatic heterocycles. The van der Waals surface area contributed by atoms with E-state index in [1.807, 2.05) is 36.9 Å². The zero-order valence-electron chi connectivity index (χ0n) is 16.4. The van der Waals surface area contributed by atoms with Crippen molar-refractivity contribution in [2.75, 3.05) is 36.8 Å². The lowest BCUT2D eigenvalue weighted by Gasteiger charge is -2.36. The third-order valence-electron chi connectivity index (χ3n) is 5.67. The predicted molar refractivity (Wildman–Crippen MR) is 112 cm³/mol. The fourth-order valence-corrected chi connectivity index (χ4v) is 5.24. The minimum atomic E-state index is -0.0921. The Hall–Kier alpha value is -2.28. The summed E-state index contributed by atoms with van der Waals surface area (Å²) in [5, 5.41) is 0.756. The van der Waals surface area contributed by atoms with Crippen molar-refractivity contribution in [3.63, 3.8) is 0 Å². The smallest absolute Gasteiger partial charge is 0.257 e. The van der Waals surface area contributed by atoms with Gasteiger partial charge in [-0.05, 0) is 25.5 Å². The minimum Gasteiger partial charge on any atom is -0.368 e. The number of hydrogen-bond donors (Lipinski definition) is 0. The van der Waals surface area contributed by atoms with Gasteiger partial charge >= 0.3 is 0 Å². The van der Waals surface area contributed by atoms with Crippen LogP contribution in [0.15, 0.2) is 40.3 Å². The highest BCUT2D eigenvalue weighted by atomic mass is 32.2. The Balaban J connectivity index is 1.42. The number of thioether (sulfide) groups is 1. The first kappa shape index (κ1) is 19.1. The summed E-state index contributed by atoms with van der Waals surface area (Å²) in [5.41, 5.74) is 2.81. The first-order valence-electron chi connectivity index (χ1n) is 9.91. The molecule has 1 fully saturated rings. The van der Waals surface area contributed by atoms with Gasteiger partial charge in [0, 0.05) is 55.3 Å². The van der Waals surface area contributed by atoms with E-state index in [0.717, 1.165) is 48.3 Å². The van der Waals surface area contributed by atoms with E-state index in [4.69, 9.17) is 0 Å². The van der Waals surface area contributed by atoms with E-state index in [1.165, 1.54) is 5.69 Å². The van der Waals surface area contributed by atoms with Crippen LogP contribution in [-0.4, -0.2) is 52.3 Å². The van der Waals surface area contributed by atoms with Gasteiger partial charge in [-0.2, -0.15) is 0 Å². The fraction of sp³-hybridized carbons (Fsp3) is 0.476. The number of amides is 1. The Kier molecular flexibility index (Phi) is 5.44. The lowest BCUT2D eigenvalue weighted by molar-refractivity contribution is -0.132. The molecule has 1 atom stereocenters. The number of para-hydroxylation sites is 1. The van der Waals surface area contributed by atoms with Crippen LogP contribution in [0.5, 0.6) is 0 Å². The molecule has 4 rings (SSSR count). The Bertz CT molecular complexity index is 920. The van der Waals surface area contributed by atoms with Gasteiger partial charge in [-0.25, -0.2) is 4.98 Å². The van der Waals surface area contributed by atoms with E-state index in [2.05, 4.69) is 22.0 Å². The van der Waals surface area contributed by atoms with E-state index >= 15 is 0 Å². The molecule has 0 bridgehead atoms. The largest absolute Gasteiger partial charge is 0.368 e. The zero-order chi connectivity index (χ0) is 19.7. The van der Waals surface area contributed by atoms with Crippen LogP contribution in [-0.2, 0) is 11.2 Å². The lowest BCUT2D eigenvalue weighted by atomic mass is 10.1. The number of aromatic nitrogens is 2. The van der Waals surface area contributed by atoms with Crippen LogP contribution >= 0.6 is 11.8 Å². The molecule has 1 unspecified atom stereocenters. The second-order valence-corrected chi connectivity index (χ2v) is 8.35. The molecule has 0 N–H and O–H groups in total. The molecule has 0 saturated carbocycles. The van der Waals surface area contributed by atoms with Gasteiger partial charge in [-0.15, -0.1) is 0 Å². The molecule has 2 aliphatic rings. The number of piperazine rings is 1. The number of aryl methyl sites for hydroxylation is 1. The third-order valence-corrected chi connectivity index (χ3v) is 6.77. The van der Waals surface area contributed by atoms with Gasteiger partial charge < -0.3 is 9.80 Å². The Labute approximate surface area is 169 Å². The molecule has 1 aromatic heterocycles. The monoisotopic (exact) mass is 398 g/mol. The van der Waals surface area contributed by atoms with Gasteiger partial charge in [-0.1, -0.05) is 36.9 Å². The first-order chi connectivity index (χ1) is 13.6. The molecular weight excluding hydrogens is 372 g/mol. The van der Waals surface area contributed by atoms with Gasteiger partial charge in [0.1, 0.15) is 0 Å². The van der Waals surface area contributed by atoms with Crippen LogP contribution in [0.25, 0.3) is 0 Å². The average Bonchev–Trinajstić information content (AvgIpc) is 3.11. The summed E-state index contributed by atoms with van der Waals surface area (Å²) in [5.74, 6) is 0.876. The minimum absolute atomic E-state index is 0.0293. The Morgan fingerprint density at radius 1 is 1.18 bits per heavy atom. The number of benzene rings is 1. The highest BCUT2D eigenvalue weighted by Gasteiger charge is 2.31. The van der Waals surface area contributed by atoms with Crippen molar-refractivity contribution in [2.24, 2.45) is 0 Å². The molecule has 3 heterocycles. The Morgan fingerprint density at radius 2 is 1.89 bits per heavy atom. The molecule has 7 heteroatoms. The topological polar surface area (TPSA) is 58.4 Å². The molecule has 28 heavy (non-hydrogen) atoms. The average molecular weight is 399 g/mol. The SMILES string of the molecule is CCc1c(C)nc2n(c1=O)C(CC(=O)N1CCN(c3ccccc3)CC1)CS2. The van der Waals surface area contributed by atoms with Crippen molar-refractivity contribution >= 4 is 23.4 Å². The standard InChI is InChI=1S/C21H26N4O2S/c1-3-18-15(2)22-21-25(20(18)27)17(14-28-21)13-19(26)24-11-9-23(10-12-24)16-7-5-4-6-8-16/h4-8,17H,3,9-14H2,1-2H3. The van der Waals surface area contributed by atoms with Crippen LogP contribution in [0.2, 0.25) is 0 Å². The summed E-state index contributed by atoms with van der Waals surface area (Å²) in [6.07, 6.45) is 1.05. The van der Waals surface area contributed by atoms with E-state index in [-0.39, 0.29) is 17.5 Å². The maximum Gasteiger partial charge on any atom is 0.257 e. The van der Waals surface area contributed by atoms with Crippen LogP contribution in [0.3, 0.4) is 0 Å². The Morgan fingerprint density at radius 3 is 2.57 bits per heavy atom. The van der Waals surface area contributed by atoms with Crippen LogP contribution in [0.4, 0.5) is 5.69 Å². The van der Waals surface area contributed by atoms with Crippen LogP contribution in [0.1, 0.15) is 30.6 Å². The second kappa shape index (κ2) is 7.99. The van der Waals surface area contributed by atoms with E-state index < -0.39 is 0 Å². The summed E-state index contributed by atoms with van der Waals surface area (Å²) in [6.45, 7) is 7.00. The van der Waals surface area contributed by atoms with Crippen molar-refractivity contribution < 1.29 is 4.79 Å². The molecule has 1 aromatic carbocycles. The normalized spacial score (nSPS) is 19.0. The molecule has 6 nitrogen and oxygen atoms in total. The number of carbonyl (C=O) groups is 1. The van der Waals surface area contributed by atoms with Gasteiger partial charge in [0.15, 0.2) is 5.16 Å².